The van der Waals surface area contributed by atoms with Crippen LogP contribution in [0.3, 0.4) is 0 Å². The second-order valence-electron chi connectivity index (χ2n) is 10.1. The summed E-state index contributed by atoms with van der Waals surface area (Å²) < 4.78 is 61.9. The van der Waals surface area contributed by atoms with Gasteiger partial charge in [-0.15, -0.1) is 0 Å². The summed E-state index contributed by atoms with van der Waals surface area (Å²) >= 11 is 0. The first-order valence-electron chi connectivity index (χ1n) is 13.0. The maximum absolute atomic E-state index is 15.3. The molecule has 0 unspecified atom stereocenters. The van der Waals surface area contributed by atoms with Crippen molar-refractivity contribution in [3.05, 3.63) is 68.9 Å². The largest absolute Gasteiger partial charge is 0.491 e. The van der Waals surface area contributed by atoms with Crippen LogP contribution in [-0.2, 0) is 12.7 Å². The van der Waals surface area contributed by atoms with E-state index in [1.807, 2.05) is 0 Å². The molecule has 1 saturated heterocycles. The number of hydrogen-bond donors (Lipinski definition) is 3. The number of hydrogen-bond acceptors (Lipinski definition) is 9. The van der Waals surface area contributed by atoms with E-state index in [0.29, 0.717) is 42.9 Å². The van der Waals surface area contributed by atoms with Crippen molar-refractivity contribution in [2.75, 3.05) is 30.4 Å². The Hall–Kier alpha value is -4.53. The minimum atomic E-state index is -4.86. The van der Waals surface area contributed by atoms with E-state index in [1.165, 1.54) is 23.9 Å². The van der Waals surface area contributed by atoms with Gasteiger partial charge in [0.15, 0.2) is 17.4 Å². The number of alkyl halides is 3. The summed E-state index contributed by atoms with van der Waals surface area (Å²) in [6.45, 7) is 2.60. The van der Waals surface area contributed by atoms with Crippen LogP contribution in [0.2, 0.25) is 0 Å². The first-order valence-corrected chi connectivity index (χ1v) is 13.0. The summed E-state index contributed by atoms with van der Waals surface area (Å²) in [5.74, 6) is 0.217. The van der Waals surface area contributed by atoms with Gasteiger partial charge in [0.1, 0.15) is 11.4 Å². The molecule has 1 aliphatic heterocycles. The topological polar surface area (TPSA) is 138 Å². The molecule has 1 fully saturated rings. The van der Waals surface area contributed by atoms with Gasteiger partial charge >= 0.3 is 6.18 Å². The molecule has 0 amide bonds. The predicted octanol–water partition coefficient (Wildman–Crippen LogP) is 3.17. The van der Waals surface area contributed by atoms with E-state index in [0.717, 1.165) is 12.3 Å². The highest BCUT2D eigenvalue weighted by molar-refractivity contribution is 5.86. The molecule has 42 heavy (non-hydrogen) atoms. The number of aromatic amines is 1. The molecule has 1 aromatic carbocycles. The molecule has 0 aliphatic carbocycles. The fraction of sp³-hybridized carbons (Fsp3) is 0.370. The lowest BCUT2D eigenvalue weighted by molar-refractivity contribution is -0.138. The number of β-amino-alcohol motifs (C(OH)–C–C–N with tert-alkyl or cyclic N) is 1. The number of aryl methyl sites for hydroxylation is 1. The second-order valence-corrected chi connectivity index (χ2v) is 10.1. The zero-order chi connectivity index (χ0) is 30.2. The minimum absolute atomic E-state index is 0.0944. The number of fused-ring (bicyclic) bond motifs is 1. The molecule has 0 bridgehead atoms. The highest BCUT2D eigenvalue weighted by atomic mass is 19.4. The number of rotatable bonds is 9. The van der Waals surface area contributed by atoms with Crippen LogP contribution in [0.4, 0.5) is 29.1 Å². The molecule has 3 aromatic heterocycles. The summed E-state index contributed by atoms with van der Waals surface area (Å²) in [4.78, 5) is 35.2. The van der Waals surface area contributed by atoms with Crippen molar-refractivity contribution in [1.29, 1.82) is 0 Å². The van der Waals surface area contributed by atoms with Crippen molar-refractivity contribution in [2.45, 2.75) is 44.6 Å². The number of aliphatic hydroxyl groups excluding tert-OH is 1. The highest BCUT2D eigenvalue weighted by Gasteiger charge is 2.37. The van der Waals surface area contributed by atoms with E-state index in [1.54, 1.807) is 29.2 Å². The first-order chi connectivity index (χ1) is 20.0. The van der Waals surface area contributed by atoms with Crippen LogP contribution in [0.1, 0.15) is 25.3 Å². The molecule has 3 N–H and O–H groups in total. The molecule has 222 valence electrons. The van der Waals surface area contributed by atoms with Crippen LogP contribution < -0.4 is 26.1 Å². The van der Waals surface area contributed by atoms with Gasteiger partial charge in [-0.1, -0.05) is 0 Å². The van der Waals surface area contributed by atoms with Crippen LogP contribution in [0.5, 0.6) is 5.75 Å². The molecule has 11 nitrogen and oxygen atoms in total. The molecule has 0 spiro atoms. The Morgan fingerprint density at radius 3 is 2.69 bits per heavy atom. The Kier molecular flexibility index (Phi) is 7.86. The predicted molar refractivity (Wildman–Crippen MR) is 146 cm³/mol. The van der Waals surface area contributed by atoms with E-state index in [4.69, 9.17) is 4.74 Å². The van der Waals surface area contributed by atoms with Gasteiger partial charge in [-0.2, -0.15) is 18.3 Å². The molecule has 1 aliphatic rings. The van der Waals surface area contributed by atoms with Crippen LogP contribution in [0, 0.1) is 5.82 Å². The zero-order valence-electron chi connectivity index (χ0n) is 22.6. The van der Waals surface area contributed by atoms with E-state index in [9.17, 15) is 27.9 Å². The van der Waals surface area contributed by atoms with Gasteiger partial charge in [0.2, 0.25) is 0 Å². The fourth-order valence-electron chi connectivity index (χ4n) is 4.84. The van der Waals surface area contributed by atoms with Gasteiger partial charge in [-0.05, 0) is 43.4 Å². The molecular formula is C27H27F4N7O4. The summed E-state index contributed by atoms with van der Waals surface area (Å²) in [5.41, 5.74) is -3.46. The zero-order valence-corrected chi connectivity index (χ0v) is 22.6. The SMILES string of the molecule is COc1cnc(-c2cc3ccn(CCC[C@H](C)Nc4cn[nH]c(=O)c4C(F)(F)F)c(=O)c3cc2F)nc1N1CC(O)C1. The van der Waals surface area contributed by atoms with Crippen molar-refractivity contribution in [3.63, 3.8) is 0 Å². The third-order valence-electron chi connectivity index (χ3n) is 7.00. The number of halogens is 4. The summed E-state index contributed by atoms with van der Waals surface area (Å²) in [6.07, 6.45) is -0.665. The molecular weight excluding hydrogens is 562 g/mol. The monoisotopic (exact) mass is 589 g/mol. The Morgan fingerprint density at radius 2 is 2.00 bits per heavy atom. The lowest BCUT2D eigenvalue weighted by Gasteiger charge is -2.37. The van der Waals surface area contributed by atoms with Crippen molar-refractivity contribution in [1.82, 2.24) is 24.7 Å². The van der Waals surface area contributed by atoms with Crippen LogP contribution in [0.15, 0.2) is 46.4 Å². The van der Waals surface area contributed by atoms with Gasteiger partial charge in [0, 0.05) is 31.9 Å². The number of aromatic nitrogens is 5. The van der Waals surface area contributed by atoms with Crippen LogP contribution in [-0.4, -0.2) is 62.2 Å². The van der Waals surface area contributed by atoms with Crippen molar-refractivity contribution < 1.29 is 27.4 Å². The lowest BCUT2D eigenvalue weighted by atomic mass is 10.1. The van der Waals surface area contributed by atoms with Gasteiger partial charge in [-0.3, -0.25) is 9.59 Å². The molecule has 4 heterocycles. The van der Waals surface area contributed by atoms with Gasteiger partial charge in [0.05, 0.1) is 42.2 Å². The van der Waals surface area contributed by atoms with Crippen molar-refractivity contribution >= 4 is 22.3 Å². The van der Waals surface area contributed by atoms with E-state index in [2.05, 4.69) is 20.4 Å². The van der Waals surface area contributed by atoms with Gasteiger partial charge < -0.3 is 24.6 Å². The number of methoxy groups -OCH3 is 1. The molecule has 15 heteroatoms. The average Bonchev–Trinajstić information content (AvgIpc) is 2.91. The lowest BCUT2D eigenvalue weighted by Crippen LogP contribution is -2.51. The second kappa shape index (κ2) is 11.4. The smallest absolute Gasteiger partial charge is 0.423 e. The number of pyridine rings is 1. The maximum Gasteiger partial charge on any atom is 0.423 e. The number of ether oxygens (including phenoxy) is 1. The Labute approximate surface area is 235 Å². The van der Waals surface area contributed by atoms with Gasteiger partial charge in [-0.25, -0.2) is 19.5 Å². The number of nitrogens with zero attached hydrogens (tertiary/aromatic N) is 5. The third-order valence-corrected chi connectivity index (χ3v) is 7.00. The standard InChI is InChI=1S/C27H27F4N7O4/c1-14(34-20-10-33-36-25(40)22(20)27(29,30)31)4-3-6-37-7-5-15-8-18(19(28)9-17(15)26(37)41)23-32-11-21(42-2)24(35-23)38-12-16(39)13-38/h5,7-11,14,16,39H,3-4,6,12-13H2,1-2H3,(H2,34,36,40)/t14-/m0/s1. The number of benzene rings is 1. The van der Waals surface area contributed by atoms with Crippen LogP contribution >= 0.6 is 0 Å². The molecule has 4 aromatic rings. The number of nitrogens with one attached hydrogen (secondary N) is 2. The molecule has 0 radical (unpaired) electrons. The molecule has 1 atom stereocenters. The summed E-state index contributed by atoms with van der Waals surface area (Å²) in [6, 6.07) is 3.81. The Morgan fingerprint density at radius 1 is 1.24 bits per heavy atom. The number of aliphatic hydroxyl groups is 1. The Balaban J connectivity index is 1.31. The normalized spacial score (nSPS) is 14.6. The quantitative estimate of drug-likeness (QED) is 0.251. The third kappa shape index (κ3) is 5.77. The van der Waals surface area contributed by atoms with Crippen molar-refractivity contribution in [2.24, 2.45) is 0 Å². The molecule has 5 rings (SSSR count). The number of anilines is 2. The summed E-state index contributed by atoms with van der Waals surface area (Å²) in [7, 11) is 1.46. The van der Waals surface area contributed by atoms with Crippen molar-refractivity contribution in [3.8, 4) is 17.1 Å². The van der Waals surface area contributed by atoms with Gasteiger partial charge in [0.25, 0.3) is 11.1 Å². The van der Waals surface area contributed by atoms with E-state index in [-0.39, 0.29) is 23.3 Å². The fourth-order valence-corrected chi connectivity index (χ4v) is 4.84. The number of H-pyrrole nitrogens is 1. The van der Waals surface area contributed by atoms with E-state index >= 15 is 4.39 Å². The van der Waals surface area contributed by atoms with Crippen LogP contribution in [0.25, 0.3) is 22.2 Å². The maximum atomic E-state index is 15.3. The van der Waals surface area contributed by atoms with E-state index < -0.39 is 46.5 Å². The minimum Gasteiger partial charge on any atom is -0.491 e. The molecule has 0 saturated carbocycles. The average molecular weight is 590 g/mol. The summed E-state index contributed by atoms with van der Waals surface area (Å²) in [5, 5.41) is 18.2. The first kappa shape index (κ1) is 29.0. The highest BCUT2D eigenvalue weighted by Crippen LogP contribution is 2.33. The Bertz CT molecular complexity index is 1730.